The zero-order valence-electron chi connectivity index (χ0n) is 9.50. The molecular formula is C11H14N2O3S. The molecule has 2 amide bonds. The topological polar surface area (TPSA) is 60.9 Å². The number of nitrogens with zero attached hydrogens (tertiary/aromatic N) is 2. The van der Waals surface area contributed by atoms with Crippen LogP contribution in [0.5, 0.6) is 0 Å². The van der Waals surface area contributed by atoms with E-state index in [1.807, 2.05) is 17.5 Å². The molecule has 0 saturated carbocycles. The van der Waals surface area contributed by atoms with Crippen molar-refractivity contribution in [2.24, 2.45) is 5.92 Å². The molecule has 1 N–H and O–H groups in total. The lowest BCUT2D eigenvalue weighted by molar-refractivity contribution is -0.146. The van der Waals surface area contributed by atoms with E-state index in [-0.39, 0.29) is 6.03 Å². The maximum absolute atomic E-state index is 11.9. The van der Waals surface area contributed by atoms with Gasteiger partial charge in [-0.15, -0.1) is 11.3 Å². The van der Waals surface area contributed by atoms with Gasteiger partial charge in [0, 0.05) is 25.0 Å². The van der Waals surface area contributed by atoms with Crippen molar-refractivity contribution in [3.63, 3.8) is 0 Å². The van der Waals surface area contributed by atoms with Crippen molar-refractivity contribution in [3.05, 3.63) is 22.4 Å². The number of carboxylic acid groups (broad SMARTS) is 1. The molecule has 1 fully saturated rings. The van der Waals surface area contributed by atoms with Gasteiger partial charge in [0.2, 0.25) is 0 Å². The molecule has 2 heterocycles. The first-order valence-corrected chi connectivity index (χ1v) is 6.21. The number of carboxylic acids is 1. The molecule has 6 heteroatoms. The van der Waals surface area contributed by atoms with Crippen LogP contribution in [0.1, 0.15) is 4.88 Å². The minimum absolute atomic E-state index is 0.101. The summed E-state index contributed by atoms with van der Waals surface area (Å²) < 4.78 is 0. The van der Waals surface area contributed by atoms with E-state index in [0.717, 1.165) is 4.88 Å². The van der Waals surface area contributed by atoms with Crippen LogP contribution in [-0.4, -0.2) is 47.0 Å². The Hall–Kier alpha value is -1.56. The highest BCUT2D eigenvalue weighted by Gasteiger charge is 2.36. The molecule has 1 aromatic rings. The number of aliphatic carboxylic acids is 1. The first kappa shape index (κ1) is 11.9. The fourth-order valence-corrected chi connectivity index (χ4v) is 2.49. The Bertz CT molecular complexity index is 412. The molecule has 0 atom stereocenters. The molecule has 1 aliphatic rings. The Morgan fingerprint density at radius 1 is 1.59 bits per heavy atom. The summed E-state index contributed by atoms with van der Waals surface area (Å²) in [4.78, 5) is 26.8. The Balaban J connectivity index is 1.83. The minimum atomic E-state index is -0.824. The fraction of sp³-hybridized carbons (Fsp3) is 0.455. The molecule has 1 saturated heterocycles. The summed E-state index contributed by atoms with van der Waals surface area (Å²) in [6.07, 6.45) is 0. The largest absolute Gasteiger partial charge is 0.481 e. The summed E-state index contributed by atoms with van der Waals surface area (Å²) in [7, 11) is 1.73. The predicted molar refractivity (Wildman–Crippen MR) is 63.9 cm³/mol. The van der Waals surface area contributed by atoms with Crippen LogP contribution in [0.3, 0.4) is 0 Å². The summed E-state index contributed by atoms with van der Waals surface area (Å²) in [6, 6.07) is 3.82. The van der Waals surface area contributed by atoms with Crippen molar-refractivity contribution in [2.75, 3.05) is 20.1 Å². The van der Waals surface area contributed by atoms with Gasteiger partial charge < -0.3 is 14.9 Å². The van der Waals surface area contributed by atoms with Gasteiger partial charge in [-0.05, 0) is 11.4 Å². The number of hydrogen-bond acceptors (Lipinski definition) is 3. The smallest absolute Gasteiger partial charge is 0.320 e. The number of carbonyl (C=O) groups excluding carboxylic acids is 1. The number of amides is 2. The second-order valence-electron chi connectivity index (χ2n) is 4.16. The predicted octanol–water partition coefficient (Wildman–Crippen LogP) is 1.32. The molecule has 0 unspecified atom stereocenters. The number of rotatable bonds is 3. The van der Waals surface area contributed by atoms with Crippen LogP contribution in [0.25, 0.3) is 0 Å². The van der Waals surface area contributed by atoms with E-state index in [2.05, 4.69) is 0 Å². The first-order valence-electron chi connectivity index (χ1n) is 5.33. The van der Waals surface area contributed by atoms with Gasteiger partial charge >= 0.3 is 12.0 Å². The number of urea groups is 1. The molecule has 0 aliphatic carbocycles. The Labute approximate surface area is 103 Å². The Kier molecular flexibility index (Phi) is 3.33. The number of hydrogen-bond donors (Lipinski definition) is 1. The second kappa shape index (κ2) is 4.75. The van der Waals surface area contributed by atoms with Crippen LogP contribution in [-0.2, 0) is 11.3 Å². The lowest BCUT2D eigenvalue weighted by Crippen LogP contribution is -2.56. The average molecular weight is 254 g/mol. The van der Waals surface area contributed by atoms with Crippen LogP contribution in [0.2, 0.25) is 0 Å². The van der Waals surface area contributed by atoms with Crippen LogP contribution in [0.15, 0.2) is 17.5 Å². The third kappa shape index (κ3) is 2.58. The quantitative estimate of drug-likeness (QED) is 0.884. The van der Waals surface area contributed by atoms with Gasteiger partial charge in [-0.1, -0.05) is 6.07 Å². The minimum Gasteiger partial charge on any atom is -0.481 e. The van der Waals surface area contributed by atoms with Crippen LogP contribution >= 0.6 is 11.3 Å². The van der Waals surface area contributed by atoms with E-state index in [9.17, 15) is 9.59 Å². The highest BCUT2D eigenvalue weighted by atomic mass is 32.1. The molecule has 0 bridgehead atoms. The fourth-order valence-electron chi connectivity index (χ4n) is 1.74. The average Bonchev–Trinajstić information content (AvgIpc) is 2.67. The van der Waals surface area contributed by atoms with Crippen molar-refractivity contribution < 1.29 is 14.7 Å². The maximum Gasteiger partial charge on any atom is 0.320 e. The third-order valence-corrected chi connectivity index (χ3v) is 3.66. The summed E-state index contributed by atoms with van der Waals surface area (Å²) in [6.45, 7) is 1.22. The number of thiophene rings is 1. The lowest BCUT2D eigenvalue weighted by atomic mass is 10.0. The highest BCUT2D eigenvalue weighted by molar-refractivity contribution is 7.09. The number of likely N-dealkylation sites (tertiary alicyclic amines) is 1. The molecule has 0 spiro atoms. The molecule has 2 rings (SSSR count). The third-order valence-electron chi connectivity index (χ3n) is 2.80. The molecule has 92 valence electrons. The normalized spacial score (nSPS) is 15.5. The Morgan fingerprint density at radius 3 is 2.82 bits per heavy atom. The van der Waals surface area contributed by atoms with Crippen LogP contribution in [0, 0.1) is 5.92 Å². The van der Waals surface area contributed by atoms with E-state index < -0.39 is 11.9 Å². The van der Waals surface area contributed by atoms with Gasteiger partial charge in [-0.25, -0.2) is 4.79 Å². The van der Waals surface area contributed by atoms with Gasteiger partial charge in [0.1, 0.15) is 0 Å². The second-order valence-corrected chi connectivity index (χ2v) is 5.19. The molecule has 1 aliphatic heterocycles. The lowest BCUT2D eigenvalue weighted by Gasteiger charge is -2.38. The molecule has 17 heavy (non-hydrogen) atoms. The van der Waals surface area contributed by atoms with E-state index >= 15 is 0 Å². The summed E-state index contributed by atoms with van der Waals surface area (Å²) in [5.41, 5.74) is 0. The van der Waals surface area contributed by atoms with Crippen molar-refractivity contribution >= 4 is 23.3 Å². The zero-order valence-corrected chi connectivity index (χ0v) is 10.3. The van der Waals surface area contributed by atoms with Gasteiger partial charge in [0.15, 0.2) is 0 Å². The van der Waals surface area contributed by atoms with Crippen molar-refractivity contribution in [1.82, 2.24) is 9.80 Å². The van der Waals surface area contributed by atoms with Crippen molar-refractivity contribution in [3.8, 4) is 0 Å². The molecule has 5 nitrogen and oxygen atoms in total. The summed E-state index contributed by atoms with van der Waals surface area (Å²) >= 11 is 1.60. The van der Waals surface area contributed by atoms with Gasteiger partial charge in [0.25, 0.3) is 0 Å². The van der Waals surface area contributed by atoms with Crippen LogP contribution < -0.4 is 0 Å². The Morgan fingerprint density at radius 2 is 2.29 bits per heavy atom. The zero-order chi connectivity index (χ0) is 12.4. The molecule has 0 radical (unpaired) electrons. The maximum atomic E-state index is 11.9. The summed E-state index contributed by atoms with van der Waals surface area (Å²) in [5, 5.41) is 10.7. The molecule has 0 aromatic carbocycles. The first-order chi connectivity index (χ1) is 8.08. The van der Waals surface area contributed by atoms with E-state index in [1.165, 1.54) is 0 Å². The SMILES string of the molecule is CN(Cc1cccs1)C(=O)N1CC(C(=O)O)C1. The highest BCUT2D eigenvalue weighted by Crippen LogP contribution is 2.19. The van der Waals surface area contributed by atoms with Crippen molar-refractivity contribution in [1.29, 1.82) is 0 Å². The standard InChI is InChI=1S/C11H14N2O3S/c1-12(7-9-3-2-4-17-9)11(16)13-5-8(6-13)10(14)15/h2-4,8H,5-7H2,1H3,(H,14,15). The van der Waals surface area contributed by atoms with E-state index in [0.29, 0.717) is 19.6 Å². The van der Waals surface area contributed by atoms with Crippen molar-refractivity contribution in [2.45, 2.75) is 6.54 Å². The monoisotopic (exact) mass is 254 g/mol. The van der Waals surface area contributed by atoms with Crippen LogP contribution in [0.4, 0.5) is 4.79 Å². The molecule has 1 aromatic heterocycles. The van der Waals surface area contributed by atoms with E-state index in [1.54, 1.807) is 28.2 Å². The van der Waals surface area contributed by atoms with Gasteiger partial charge in [-0.3, -0.25) is 4.79 Å². The number of carbonyl (C=O) groups is 2. The summed E-state index contributed by atoms with van der Waals surface area (Å²) in [5.74, 6) is -1.22. The van der Waals surface area contributed by atoms with Gasteiger partial charge in [0.05, 0.1) is 12.5 Å². The van der Waals surface area contributed by atoms with E-state index in [4.69, 9.17) is 5.11 Å². The molecular weight excluding hydrogens is 240 g/mol. The van der Waals surface area contributed by atoms with Gasteiger partial charge in [-0.2, -0.15) is 0 Å².